The zero-order chi connectivity index (χ0) is 20.8. The molecule has 154 valence electrons. The summed E-state index contributed by atoms with van der Waals surface area (Å²) in [6, 6.07) is 9.84. The van der Waals surface area contributed by atoms with E-state index in [1.165, 1.54) is 6.07 Å². The van der Waals surface area contributed by atoms with Crippen molar-refractivity contribution in [2.75, 3.05) is 23.3 Å². The highest BCUT2D eigenvalue weighted by atomic mass is 19.1. The minimum atomic E-state index is -0.962. The Morgan fingerprint density at radius 1 is 1.07 bits per heavy atom. The van der Waals surface area contributed by atoms with Gasteiger partial charge in [0.1, 0.15) is 23.2 Å². The number of halogens is 2. The summed E-state index contributed by atoms with van der Waals surface area (Å²) < 4.78 is 27.7. The summed E-state index contributed by atoms with van der Waals surface area (Å²) in [5, 5.41) is 5.27. The van der Waals surface area contributed by atoms with Gasteiger partial charge in [0.25, 0.3) is 5.91 Å². The molecule has 0 aliphatic carbocycles. The van der Waals surface area contributed by atoms with Crippen LogP contribution in [-0.4, -0.2) is 30.9 Å². The van der Waals surface area contributed by atoms with Crippen LogP contribution in [0, 0.1) is 11.6 Å². The Bertz CT molecular complexity index is 862. The molecule has 0 saturated carbocycles. The van der Waals surface area contributed by atoms with Crippen molar-refractivity contribution < 1.29 is 18.4 Å². The van der Waals surface area contributed by atoms with Gasteiger partial charge in [0.15, 0.2) is 0 Å². The normalized spacial score (nSPS) is 14.5. The lowest BCUT2D eigenvalue weighted by Crippen LogP contribution is -2.44. The predicted octanol–water partition coefficient (Wildman–Crippen LogP) is 4.10. The molecule has 1 heterocycles. The van der Waals surface area contributed by atoms with Gasteiger partial charge in [-0.3, -0.25) is 9.59 Å². The Hall–Kier alpha value is -2.96. The zero-order valence-electron chi connectivity index (χ0n) is 16.4. The first-order chi connectivity index (χ1) is 14.0. The van der Waals surface area contributed by atoms with E-state index in [9.17, 15) is 18.4 Å². The zero-order valence-corrected chi connectivity index (χ0v) is 16.4. The van der Waals surface area contributed by atoms with E-state index in [-0.39, 0.29) is 0 Å². The Balaban J connectivity index is 1.71. The van der Waals surface area contributed by atoms with Gasteiger partial charge in [0.2, 0.25) is 5.91 Å². The van der Waals surface area contributed by atoms with Crippen LogP contribution in [0.5, 0.6) is 0 Å². The van der Waals surface area contributed by atoms with Gasteiger partial charge < -0.3 is 15.5 Å². The number of rotatable bonds is 7. The Morgan fingerprint density at radius 3 is 2.38 bits per heavy atom. The van der Waals surface area contributed by atoms with E-state index in [2.05, 4.69) is 15.5 Å². The van der Waals surface area contributed by atoms with Crippen molar-refractivity contribution in [2.45, 2.75) is 38.6 Å². The van der Waals surface area contributed by atoms with Crippen molar-refractivity contribution in [3.8, 4) is 0 Å². The van der Waals surface area contributed by atoms with E-state index in [4.69, 9.17) is 0 Å². The van der Waals surface area contributed by atoms with Crippen LogP contribution < -0.4 is 15.5 Å². The molecule has 0 bridgehead atoms. The molecule has 3 rings (SSSR count). The Labute approximate surface area is 169 Å². The maximum Gasteiger partial charge on any atom is 0.257 e. The van der Waals surface area contributed by atoms with Gasteiger partial charge in [-0.1, -0.05) is 25.5 Å². The molecular formula is C22H25F2N3O2. The second-order valence-electron chi connectivity index (χ2n) is 7.15. The fourth-order valence-corrected chi connectivity index (χ4v) is 3.49. The molecule has 0 radical (unpaired) electrons. The maximum absolute atomic E-state index is 13.9. The van der Waals surface area contributed by atoms with Crippen molar-refractivity contribution >= 4 is 23.2 Å². The van der Waals surface area contributed by atoms with Gasteiger partial charge >= 0.3 is 0 Å². The minimum absolute atomic E-state index is 0.347. The van der Waals surface area contributed by atoms with E-state index in [0.717, 1.165) is 43.8 Å². The topological polar surface area (TPSA) is 61.4 Å². The number of carbonyl (C=O) groups excluding carboxylic acids is 2. The second-order valence-corrected chi connectivity index (χ2v) is 7.15. The summed E-state index contributed by atoms with van der Waals surface area (Å²) in [4.78, 5) is 27.4. The average molecular weight is 401 g/mol. The molecule has 0 spiro atoms. The van der Waals surface area contributed by atoms with Gasteiger partial charge in [0, 0.05) is 24.5 Å². The second kappa shape index (κ2) is 9.49. The molecule has 1 fully saturated rings. The molecule has 29 heavy (non-hydrogen) atoms. The summed E-state index contributed by atoms with van der Waals surface area (Å²) in [6.07, 6.45) is 3.26. The van der Waals surface area contributed by atoms with Crippen LogP contribution in [-0.2, 0) is 4.79 Å². The van der Waals surface area contributed by atoms with Crippen LogP contribution in [0.4, 0.5) is 20.2 Å². The molecule has 7 heteroatoms. The number of nitrogens with one attached hydrogen (secondary N) is 2. The first-order valence-corrected chi connectivity index (χ1v) is 9.90. The number of carbonyl (C=O) groups is 2. The van der Waals surface area contributed by atoms with Crippen molar-refractivity contribution in [1.29, 1.82) is 0 Å². The van der Waals surface area contributed by atoms with E-state index in [1.54, 1.807) is 6.07 Å². The molecule has 5 nitrogen and oxygen atoms in total. The van der Waals surface area contributed by atoms with Crippen molar-refractivity contribution in [3.05, 3.63) is 59.7 Å². The summed E-state index contributed by atoms with van der Waals surface area (Å²) >= 11 is 0. The SMILES string of the molecule is CCCC(NC(=O)c1c(F)cccc1F)C(=O)Nc1cccc(N2CCCC2)c1. The van der Waals surface area contributed by atoms with Gasteiger partial charge in [-0.2, -0.15) is 0 Å². The third-order valence-corrected chi connectivity index (χ3v) is 4.97. The number of hydrogen-bond donors (Lipinski definition) is 2. The number of benzene rings is 2. The fourth-order valence-electron chi connectivity index (χ4n) is 3.49. The molecular weight excluding hydrogens is 376 g/mol. The molecule has 2 aromatic rings. The molecule has 2 amide bonds. The predicted molar refractivity (Wildman–Crippen MR) is 109 cm³/mol. The van der Waals surface area contributed by atoms with Gasteiger partial charge in [-0.25, -0.2) is 8.78 Å². The molecule has 2 N–H and O–H groups in total. The number of nitrogens with zero attached hydrogens (tertiary/aromatic N) is 1. The average Bonchev–Trinajstić information content (AvgIpc) is 3.22. The highest BCUT2D eigenvalue weighted by Crippen LogP contribution is 2.23. The lowest BCUT2D eigenvalue weighted by Gasteiger charge is -2.20. The smallest absolute Gasteiger partial charge is 0.257 e. The van der Waals surface area contributed by atoms with Crippen LogP contribution in [0.2, 0.25) is 0 Å². The van der Waals surface area contributed by atoms with Crippen molar-refractivity contribution in [3.63, 3.8) is 0 Å². The molecule has 1 aliphatic rings. The van der Waals surface area contributed by atoms with Gasteiger partial charge in [-0.15, -0.1) is 0 Å². The van der Waals surface area contributed by atoms with Crippen LogP contribution in [0.15, 0.2) is 42.5 Å². The molecule has 1 aliphatic heterocycles. The van der Waals surface area contributed by atoms with E-state index in [0.29, 0.717) is 18.5 Å². The highest BCUT2D eigenvalue weighted by molar-refractivity contribution is 6.01. The molecule has 2 aromatic carbocycles. The number of amides is 2. The molecule has 1 unspecified atom stereocenters. The third-order valence-electron chi connectivity index (χ3n) is 4.97. The maximum atomic E-state index is 13.9. The summed E-state index contributed by atoms with van der Waals surface area (Å²) in [5.41, 5.74) is 0.967. The first kappa shape index (κ1) is 20.8. The Morgan fingerprint density at radius 2 is 1.72 bits per heavy atom. The summed E-state index contributed by atoms with van der Waals surface area (Å²) in [5.74, 6) is -3.29. The Kier molecular flexibility index (Phi) is 6.80. The van der Waals surface area contributed by atoms with E-state index < -0.39 is 35.1 Å². The van der Waals surface area contributed by atoms with Crippen LogP contribution in [0.25, 0.3) is 0 Å². The van der Waals surface area contributed by atoms with E-state index in [1.807, 2.05) is 25.1 Å². The third kappa shape index (κ3) is 5.10. The van der Waals surface area contributed by atoms with Crippen molar-refractivity contribution in [2.24, 2.45) is 0 Å². The summed E-state index contributed by atoms with van der Waals surface area (Å²) in [7, 11) is 0. The molecule has 1 atom stereocenters. The van der Waals surface area contributed by atoms with E-state index >= 15 is 0 Å². The molecule has 1 saturated heterocycles. The lowest BCUT2D eigenvalue weighted by atomic mass is 10.1. The van der Waals surface area contributed by atoms with Gasteiger partial charge in [0.05, 0.1) is 0 Å². The van der Waals surface area contributed by atoms with Crippen LogP contribution >= 0.6 is 0 Å². The number of hydrogen-bond acceptors (Lipinski definition) is 3. The van der Waals surface area contributed by atoms with Crippen molar-refractivity contribution in [1.82, 2.24) is 5.32 Å². The quantitative estimate of drug-likeness (QED) is 0.734. The highest BCUT2D eigenvalue weighted by Gasteiger charge is 2.24. The molecule has 0 aromatic heterocycles. The van der Waals surface area contributed by atoms with Crippen LogP contribution in [0.1, 0.15) is 43.0 Å². The monoisotopic (exact) mass is 401 g/mol. The summed E-state index contributed by atoms with van der Waals surface area (Å²) in [6.45, 7) is 3.84. The first-order valence-electron chi connectivity index (χ1n) is 9.90. The van der Waals surface area contributed by atoms with Gasteiger partial charge in [-0.05, 0) is 49.6 Å². The fraction of sp³-hybridized carbons (Fsp3) is 0.364. The van der Waals surface area contributed by atoms with Crippen LogP contribution in [0.3, 0.4) is 0 Å². The standard InChI is InChI=1S/C22H25F2N3O2/c1-2-7-19(26-22(29)20-17(23)10-6-11-18(20)24)21(28)25-15-8-5-9-16(14-15)27-12-3-4-13-27/h5-6,8-11,14,19H,2-4,7,12-13H2,1H3,(H,25,28)(H,26,29). The number of anilines is 2. The lowest BCUT2D eigenvalue weighted by molar-refractivity contribution is -0.118. The largest absolute Gasteiger partial charge is 0.371 e. The minimum Gasteiger partial charge on any atom is -0.371 e.